The van der Waals surface area contributed by atoms with Gasteiger partial charge in [-0.3, -0.25) is 14.2 Å². The molecule has 1 saturated heterocycles. The number of esters is 1. The summed E-state index contributed by atoms with van der Waals surface area (Å²) in [5.41, 5.74) is 1.52. The van der Waals surface area contributed by atoms with Crippen LogP contribution in [-0.4, -0.2) is 76.1 Å². The number of benzene rings is 2. The van der Waals surface area contributed by atoms with Gasteiger partial charge < -0.3 is 33.3 Å². The van der Waals surface area contributed by atoms with E-state index >= 15 is 0 Å². The van der Waals surface area contributed by atoms with Crippen molar-refractivity contribution in [3.63, 3.8) is 0 Å². The SMILES string of the molecule is CCOC(=O)C1=C(C)N=c2s/c(=C/c3ccc(OCC(=O)N4CCCC4)c(OC)c3)c(=O)n2[C@@H]1c1cc(OC)c(OC)c(OC)c1. The maximum absolute atomic E-state index is 14.1. The average Bonchev–Trinajstić information content (AvgIpc) is 3.71. The molecule has 0 aliphatic carbocycles. The number of carbonyl (C=O) groups is 2. The molecule has 0 saturated carbocycles. The van der Waals surface area contributed by atoms with Crippen molar-refractivity contribution in [2.45, 2.75) is 32.7 Å². The fourth-order valence-corrected chi connectivity index (χ4v) is 6.65. The maximum atomic E-state index is 14.1. The molecule has 0 N–H and O–H groups in total. The fraction of sp³-hybridized carbons (Fsp3) is 0.394. The van der Waals surface area contributed by atoms with Crippen molar-refractivity contribution in [2.75, 3.05) is 54.7 Å². The molecule has 2 aromatic carbocycles. The highest BCUT2D eigenvalue weighted by atomic mass is 32.1. The number of rotatable bonds is 11. The molecule has 3 aromatic rings. The third kappa shape index (κ3) is 6.32. The molecule has 13 heteroatoms. The smallest absolute Gasteiger partial charge is 0.338 e. The minimum absolute atomic E-state index is 0.0659. The summed E-state index contributed by atoms with van der Waals surface area (Å²) >= 11 is 1.19. The van der Waals surface area contributed by atoms with E-state index in [1.807, 2.05) is 0 Å². The van der Waals surface area contributed by atoms with Gasteiger partial charge in [0.1, 0.15) is 0 Å². The molecule has 46 heavy (non-hydrogen) atoms. The molecule has 0 radical (unpaired) electrons. The van der Waals surface area contributed by atoms with E-state index in [1.54, 1.807) is 55.2 Å². The predicted molar refractivity (Wildman–Crippen MR) is 171 cm³/mol. The Morgan fingerprint density at radius 3 is 2.24 bits per heavy atom. The third-order valence-corrected chi connectivity index (χ3v) is 8.80. The molecule has 0 spiro atoms. The van der Waals surface area contributed by atoms with Crippen LogP contribution in [0.3, 0.4) is 0 Å². The van der Waals surface area contributed by atoms with Gasteiger partial charge in [-0.05, 0) is 68.2 Å². The zero-order valence-corrected chi connectivity index (χ0v) is 27.5. The Morgan fingerprint density at radius 1 is 0.957 bits per heavy atom. The van der Waals surface area contributed by atoms with Gasteiger partial charge in [-0.25, -0.2) is 9.79 Å². The Balaban J connectivity index is 1.58. The van der Waals surface area contributed by atoms with Gasteiger partial charge in [0.15, 0.2) is 34.4 Å². The van der Waals surface area contributed by atoms with E-state index < -0.39 is 12.0 Å². The fourth-order valence-electron chi connectivity index (χ4n) is 5.61. The third-order valence-electron chi connectivity index (χ3n) is 7.82. The van der Waals surface area contributed by atoms with Crippen molar-refractivity contribution in [1.82, 2.24) is 9.47 Å². The summed E-state index contributed by atoms with van der Waals surface area (Å²) in [5, 5.41) is 0. The molecule has 12 nitrogen and oxygen atoms in total. The van der Waals surface area contributed by atoms with Crippen LogP contribution in [0.2, 0.25) is 0 Å². The summed E-state index contributed by atoms with van der Waals surface area (Å²) in [5.74, 6) is 1.31. The lowest BCUT2D eigenvalue weighted by atomic mass is 9.95. The first-order valence-electron chi connectivity index (χ1n) is 14.8. The normalized spacial score (nSPS) is 16.1. The minimum Gasteiger partial charge on any atom is -0.493 e. The highest BCUT2D eigenvalue weighted by molar-refractivity contribution is 7.07. The summed E-state index contributed by atoms with van der Waals surface area (Å²) < 4.78 is 35.3. The van der Waals surface area contributed by atoms with Gasteiger partial charge in [0, 0.05) is 13.1 Å². The number of aromatic nitrogens is 1. The van der Waals surface area contributed by atoms with Crippen LogP contribution in [-0.2, 0) is 14.3 Å². The van der Waals surface area contributed by atoms with Gasteiger partial charge in [-0.2, -0.15) is 0 Å². The monoisotopic (exact) mass is 651 g/mol. The summed E-state index contributed by atoms with van der Waals surface area (Å²) in [4.78, 5) is 46.8. The molecule has 3 heterocycles. The van der Waals surface area contributed by atoms with E-state index in [1.165, 1.54) is 44.3 Å². The van der Waals surface area contributed by atoms with Crippen molar-refractivity contribution in [3.8, 4) is 28.7 Å². The van der Waals surface area contributed by atoms with Crippen LogP contribution >= 0.6 is 11.3 Å². The van der Waals surface area contributed by atoms with Crippen molar-refractivity contribution in [1.29, 1.82) is 0 Å². The lowest BCUT2D eigenvalue weighted by Crippen LogP contribution is -2.40. The number of fused-ring (bicyclic) bond motifs is 1. The average molecular weight is 652 g/mol. The second-order valence-electron chi connectivity index (χ2n) is 10.5. The number of likely N-dealkylation sites (tertiary alicyclic amines) is 1. The molecule has 2 aliphatic rings. The van der Waals surface area contributed by atoms with E-state index in [9.17, 15) is 14.4 Å². The first-order chi connectivity index (χ1) is 22.2. The standard InChI is InChI=1S/C33H37N3O9S/c1-7-44-32(39)28-19(2)34-33-36(29(28)21-16-24(41-4)30(43-6)25(17-21)42-5)31(38)26(46-33)15-20-10-11-22(23(14-20)40-3)45-18-27(37)35-12-8-9-13-35/h10-11,14-17,29H,7-9,12-13,18H2,1-6H3/b26-15+/t29-/m1/s1. The van der Waals surface area contributed by atoms with Gasteiger partial charge in [0.05, 0.1) is 56.9 Å². The Hall–Kier alpha value is -4.78. The molecule has 1 atom stereocenters. The molecule has 244 valence electrons. The lowest BCUT2D eigenvalue weighted by molar-refractivity contribution is -0.139. The van der Waals surface area contributed by atoms with Crippen molar-refractivity contribution < 1.29 is 38.0 Å². The zero-order valence-electron chi connectivity index (χ0n) is 26.7. The van der Waals surface area contributed by atoms with Crippen molar-refractivity contribution >= 4 is 29.3 Å². The minimum atomic E-state index is -0.885. The van der Waals surface area contributed by atoms with Crippen LogP contribution < -0.4 is 38.6 Å². The van der Waals surface area contributed by atoms with E-state index in [2.05, 4.69) is 4.99 Å². The first-order valence-corrected chi connectivity index (χ1v) is 15.6. The summed E-state index contributed by atoms with van der Waals surface area (Å²) in [6, 6.07) is 7.76. The Kier molecular flexibility index (Phi) is 10.0. The molecule has 1 aromatic heterocycles. The molecule has 2 aliphatic heterocycles. The second kappa shape index (κ2) is 14.1. The number of hydrogen-bond donors (Lipinski definition) is 0. The van der Waals surface area contributed by atoms with Gasteiger partial charge in [0.25, 0.3) is 11.5 Å². The number of allylic oxidation sites excluding steroid dienone is 1. The highest BCUT2D eigenvalue weighted by Crippen LogP contribution is 2.42. The largest absolute Gasteiger partial charge is 0.493 e. The van der Waals surface area contributed by atoms with Gasteiger partial charge in [-0.15, -0.1) is 0 Å². The van der Waals surface area contributed by atoms with Crippen LogP contribution in [0.4, 0.5) is 0 Å². The number of methoxy groups -OCH3 is 4. The van der Waals surface area contributed by atoms with Crippen LogP contribution in [0.25, 0.3) is 6.08 Å². The molecule has 0 bridgehead atoms. The number of thiazole rings is 1. The Bertz CT molecular complexity index is 1830. The number of nitrogens with zero attached hydrogens (tertiary/aromatic N) is 3. The van der Waals surface area contributed by atoms with Crippen molar-refractivity contribution in [3.05, 3.63) is 72.4 Å². The van der Waals surface area contributed by atoms with E-state index in [-0.39, 0.29) is 30.3 Å². The maximum Gasteiger partial charge on any atom is 0.338 e. The Labute approximate surface area is 270 Å². The molecular formula is C33H37N3O9S. The molecule has 5 rings (SSSR count). The highest BCUT2D eigenvalue weighted by Gasteiger charge is 2.34. The number of amides is 1. The number of ether oxygens (including phenoxy) is 6. The zero-order chi connectivity index (χ0) is 33.0. The molecule has 1 amide bonds. The topological polar surface area (TPSA) is 127 Å². The van der Waals surface area contributed by atoms with Crippen LogP contribution in [0.15, 0.2) is 51.4 Å². The predicted octanol–water partition coefficient (Wildman–Crippen LogP) is 2.83. The second-order valence-corrected chi connectivity index (χ2v) is 11.6. The number of carbonyl (C=O) groups excluding carboxylic acids is 2. The van der Waals surface area contributed by atoms with Gasteiger partial charge in [0.2, 0.25) is 5.75 Å². The summed E-state index contributed by atoms with van der Waals surface area (Å²) in [6.45, 7) is 4.99. The molecular weight excluding hydrogens is 614 g/mol. The quantitative estimate of drug-likeness (QED) is 0.288. The van der Waals surface area contributed by atoms with Gasteiger partial charge in [-0.1, -0.05) is 17.4 Å². The first kappa shape index (κ1) is 32.6. The van der Waals surface area contributed by atoms with E-state index in [4.69, 9.17) is 28.4 Å². The number of hydrogen-bond acceptors (Lipinski definition) is 11. The lowest BCUT2D eigenvalue weighted by Gasteiger charge is -2.26. The molecule has 1 fully saturated rings. The van der Waals surface area contributed by atoms with Crippen molar-refractivity contribution in [2.24, 2.45) is 4.99 Å². The van der Waals surface area contributed by atoms with Gasteiger partial charge >= 0.3 is 5.97 Å². The Morgan fingerprint density at radius 2 is 1.63 bits per heavy atom. The summed E-state index contributed by atoms with van der Waals surface area (Å²) in [7, 11) is 6.00. The van der Waals surface area contributed by atoms with E-state index in [0.717, 1.165) is 25.9 Å². The van der Waals surface area contributed by atoms with Crippen LogP contribution in [0, 0.1) is 0 Å². The van der Waals surface area contributed by atoms with Crippen LogP contribution in [0.5, 0.6) is 28.7 Å². The van der Waals surface area contributed by atoms with E-state index in [0.29, 0.717) is 54.9 Å². The van der Waals surface area contributed by atoms with Crippen LogP contribution in [0.1, 0.15) is 43.9 Å². The molecule has 0 unspecified atom stereocenters. The summed E-state index contributed by atoms with van der Waals surface area (Å²) in [6.07, 6.45) is 3.73.